The summed E-state index contributed by atoms with van der Waals surface area (Å²) in [5, 5.41) is 13.2. The van der Waals surface area contributed by atoms with E-state index in [1.807, 2.05) is 30.3 Å². The predicted octanol–water partition coefficient (Wildman–Crippen LogP) is 1.73. The molecule has 0 bridgehead atoms. The maximum Gasteiger partial charge on any atom is 0.323 e. The van der Waals surface area contributed by atoms with Crippen LogP contribution in [0.3, 0.4) is 0 Å². The fourth-order valence-electron chi connectivity index (χ4n) is 2.04. The molecule has 0 aliphatic rings. The molecule has 0 saturated heterocycles. The largest absolute Gasteiger partial charge is 0.480 e. The number of carboxylic acid groups (broad SMARTS) is 1. The molecule has 1 amide bonds. The van der Waals surface area contributed by atoms with Gasteiger partial charge in [0.05, 0.1) is 16.9 Å². The van der Waals surface area contributed by atoms with E-state index in [1.165, 1.54) is 4.90 Å². The fourth-order valence-corrected chi connectivity index (χ4v) is 2.04. The summed E-state index contributed by atoms with van der Waals surface area (Å²) in [6, 6.07) is 9.44. The third-order valence-corrected chi connectivity index (χ3v) is 3.15. The molecular weight excluding hydrogens is 270 g/mol. The second-order valence-corrected chi connectivity index (χ2v) is 4.62. The van der Waals surface area contributed by atoms with Crippen LogP contribution >= 0.6 is 0 Å². The average Bonchev–Trinajstić information content (AvgIpc) is 2.87. The van der Waals surface area contributed by atoms with E-state index < -0.39 is 5.97 Å². The van der Waals surface area contributed by atoms with Gasteiger partial charge in [0, 0.05) is 12.7 Å². The second kappa shape index (κ2) is 6.21. The normalized spacial score (nSPS) is 10.4. The van der Waals surface area contributed by atoms with Crippen molar-refractivity contribution < 1.29 is 14.7 Å². The molecule has 2 rings (SSSR count). The number of rotatable bonds is 5. The van der Waals surface area contributed by atoms with Crippen LogP contribution in [-0.4, -0.2) is 44.8 Å². The van der Waals surface area contributed by atoms with Gasteiger partial charge in [-0.15, -0.1) is 0 Å². The number of para-hydroxylation sites is 1. The van der Waals surface area contributed by atoms with Crippen LogP contribution < -0.4 is 0 Å². The summed E-state index contributed by atoms with van der Waals surface area (Å²) in [5.41, 5.74) is 1.84. The second-order valence-electron chi connectivity index (χ2n) is 4.62. The molecule has 0 aliphatic carbocycles. The van der Waals surface area contributed by atoms with Gasteiger partial charge in [-0.25, -0.2) is 4.68 Å². The number of likely N-dealkylation sites (N-methyl/N-ethyl adjacent to an activating group) is 1. The lowest BCUT2D eigenvalue weighted by Gasteiger charge is -2.17. The Morgan fingerprint density at radius 2 is 1.95 bits per heavy atom. The van der Waals surface area contributed by atoms with Crippen molar-refractivity contribution in [3.8, 4) is 5.69 Å². The summed E-state index contributed by atoms with van der Waals surface area (Å²) in [7, 11) is 0. The number of amides is 1. The van der Waals surface area contributed by atoms with Crippen molar-refractivity contribution in [1.29, 1.82) is 0 Å². The first kappa shape index (κ1) is 14.8. The van der Waals surface area contributed by atoms with Crippen molar-refractivity contribution in [3.63, 3.8) is 0 Å². The molecule has 1 heterocycles. The Morgan fingerprint density at radius 3 is 2.52 bits per heavy atom. The molecule has 110 valence electrons. The Hall–Kier alpha value is -2.63. The summed E-state index contributed by atoms with van der Waals surface area (Å²) in [6.07, 6.45) is 1.64. The van der Waals surface area contributed by atoms with E-state index >= 15 is 0 Å². The van der Waals surface area contributed by atoms with Crippen molar-refractivity contribution in [2.75, 3.05) is 13.1 Å². The molecule has 0 atom stereocenters. The number of aryl methyl sites for hydroxylation is 1. The zero-order chi connectivity index (χ0) is 15.4. The fraction of sp³-hybridized carbons (Fsp3) is 0.267. The van der Waals surface area contributed by atoms with Crippen LogP contribution in [0.5, 0.6) is 0 Å². The van der Waals surface area contributed by atoms with E-state index in [1.54, 1.807) is 24.7 Å². The summed E-state index contributed by atoms with van der Waals surface area (Å²) in [6.45, 7) is 3.51. The van der Waals surface area contributed by atoms with E-state index in [9.17, 15) is 9.59 Å². The molecule has 0 unspecified atom stereocenters. The highest BCUT2D eigenvalue weighted by Gasteiger charge is 2.21. The summed E-state index contributed by atoms with van der Waals surface area (Å²) < 4.78 is 1.62. The third-order valence-electron chi connectivity index (χ3n) is 3.15. The first-order valence-corrected chi connectivity index (χ1v) is 6.65. The molecule has 6 nitrogen and oxygen atoms in total. The van der Waals surface area contributed by atoms with Gasteiger partial charge in [-0.1, -0.05) is 18.2 Å². The monoisotopic (exact) mass is 287 g/mol. The quantitative estimate of drug-likeness (QED) is 0.908. The van der Waals surface area contributed by atoms with Crippen LogP contribution in [0.15, 0.2) is 36.5 Å². The third kappa shape index (κ3) is 3.28. The summed E-state index contributed by atoms with van der Waals surface area (Å²) >= 11 is 0. The maximum absolute atomic E-state index is 12.4. The van der Waals surface area contributed by atoms with Gasteiger partial charge < -0.3 is 10.0 Å². The first-order valence-electron chi connectivity index (χ1n) is 6.65. The Labute approximate surface area is 122 Å². The van der Waals surface area contributed by atoms with Gasteiger partial charge in [-0.05, 0) is 26.0 Å². The van der Waals surface area contributed by atoms with E-state index in [0.29, 0.717) is 17.8 Å². The minimum atomic E-state index is -1.03. The molecule has 0 aliphatic heterocycles. The number of benzene rings is 1. The molecule has 6 heteroatoms. The lowest BCUT2D eigenvalue weighted by Crippen LogP contribution is -2.35. The Bertz CT molecular complexity index is 649. The van der Waals surface area contributed by atoms with Crippen molar-refractivity contribution in [2.45, 2.75) is 13.8 Å². The molecule has 0 radical (unpaired) electrons. The topological polar surface area (TPSA) is 75.4 Å². The average molecular weight is 287 g/mol. The molecule has 0 fully saturated rings. The van der Waals surface area contributed by atoms with Crippen molar-refractivity contribution in [3.05, 3.63) is 47.8 Å². The van der Waals surface area contributed by atoms with E-state index in [4.69, 9.17) is 5.11 Å². The van der Waals surface area contributed by atoms with Gasteiger partial charge in [-0.3, -0.25) is 9.59 Å². The van der Waals surface area contributed by atoms with Gasteiger partial charge in [0.15, 0.2) is 0 Å². The number of carboxylic acids is 1. The molecule has 2 aromatic rings. The number of aromatic nitrogens is 2. The van der Waals surface area contributed by atoms with Crippen molar-refractivity contribution >= 4 is 11.9 Å². The number of hydrogen-bond acceptors (Lipinski definition) is 3. The molecule has 0 saturated carbocycles. The predicted molar refractivity (Wildman–Crippen MR) is 77.5 cm³/mol. The smallest absolute Gasteiger partial charge is 0.323 e. The van der Waals surface area contributed by atoms with Gasteiger partial charge in [-0.2, -0.15) is 5.10 Å². The molecule has 21 heavy (non-hydrogen) atoms. The zero-order valence-electron chi connectivity index (χ0n) is 12.0. The van der Waals surface area contributed by atoms with Gasteiger partial charge >= 0.3 is 5.97 Å². The number of carbonyl (C=O) groups excluding carboxylic acids is 1. The van der Waals surface area contributed by atoms with E-state index in [-0.39, 0.29) is 12.5 Å². The summed E-state index contributed by atoms with van der Waals surface area (Å²) in [4.78, 5) is 24.5. The standard InChI is InChI=1S/C15H17N3O3/c1-3-17(10-14(19)20)15(21)13-9-18(16-11(13)2)12-7-5-4-6-8-12/h4-9H,3,10H2,1-2H3,(H,19,20). The van der Waals surface area contributed by atoms with Crippen molar-refractivity contribution in [2.24, 2.45) is 0 Å². The highest BCUT2D eigenvalue weighted by Crippen LogP contribution is 2.14. The minimum absolute atomic E-state index is 0.314. The van der Waals surface area contributed by atoms with E-state index in [2.05, 4.69) is 5.10 Å². The lowest BCUT2D eigenvalue weighted by molar-refractivity contribution is -0.137. The number of hydrogen-bond donors (Lipinski definition) is 1. The SMILES string of the molecule is CCN(CC(=O)O)C(=O)c1cn(-c2ccccc2)nc1C. The van der Waals surface area contributed by atoms with Crippen LogP contribution in [0.25, 0.3) is 5.69 Å². The number of nitrogens with zero attached hydrogens (tertiary/aromatic N) is 3. The number of aliphatic carboxylic acids is 1. The van der Waals surface area contributed by atoms with Gasteiger partial charge in [0.1, 0.15) is 6.54 Å². The Morgan fingerprint density at radius 1 is 1.29 bits per heavy atom. The number of carbonyl (C=O) groups is 2. The highest BCUT2D eigenvalue weighted by atomic mass is 16.4. The molecule has 1 aromatic heterocycles. The van der Waals surface area contributed by atoms with Crippen LogP contribution in [0.2, 0.25) is 0 Å². The lowest BCUT2D eigenvalue weighted by atomic mass is 10.2. The van der Waals surface area contributed by atoms with Crippen LogP contribution in [0, 0.1) is 6.92 Å². The van der Waals surface area contributed by atoms with Gasteiger partial charge in [0.25, 0.3) is 5.91 Å². The maximum atomic E-state index is 12.4. The van der Waals surface area contributed by atoms with Gasteiger partial charge in [0.2, 0.25) is 0 Å². The van der Waals surface area contributed by atoms with Crippen molar-refractivity contribution in [1.82, 2.24) is 14.7 Å². The first-order chi connectivity index (χ1) is 10.0. The molecule has 1 N–H and O–H groups in total. The molecular formula is C15H17N3O3. The van der Waals surface area contributed by atoms with Crippen LogP contribution in [0.4, 0.5) is 0 Å². The summed E-state index contributed by atoms with van der Waals surface area (Å²) in [5.74, 6) is -1.35. The van der Waals surface area contributed by atoms with Crippen LogP contribution in [-0.2, 0) is 4.79 Å². The highest BCUT2D eigenvalue weighted by molar-refractivity contribution is 5.96. The minimum Gasteiger partial charge on any atom is -0.480 e. The zero-order valence-corrected chi connectivity index (χ0v) is 12.0. The van der Waals surface area contributed by atoms with E-state index in [0.717, 1.165) is 5.69 Å². The molecule has 0 spiro atoms. The van der Waals surface area contributed by atoms with Crippen LogP contribution in [0.1, 0.15) is 23.0 Å². The molecule has 1 aromatic carbocycles. The Kier molecular flexibility index (Phi) is 4.37. The Balaban J connectivity index is 2.30.